The van der Waals surface area contributed by atoms with E-state index in [1.54, 1.807) is 0 Å². The summed E-state index contributed by atoms with van der Waals surface area (Å²) in [5.74, 6) is 0.344. The number of benzene rings is 2. The van der Waals surface area contributed by atoms with Gasteiger partial charge >= 0.3 is 5.97 Å². The molecule has 3 heteroatoms. The largest absolute Gasteiger partial charge is 0.494 e. The van der Waals surface area contributed by atoms with Crippen LogP contribution < -0.4 is 4.74 Å². The molecule has 0 saturated carbocycles. The molecular weight excluding hydrogens is 324 g/mol. The Kier molecular flexibility index (Phi) is 6.84. The lowest BCUT2D eigenvalue weighted by Crippen LogP contribution is -2.17. The normalized spacial score (nSPS) is 12.5. The zero-order valence-corrected chi connectivity index (χ0v) is 16.5. The standard InChI is InChI=1S/C23H30O3/c1-6-15-26-20-13-7-17(8-14-20)16-21(22(24)25-5)18-9-11-19(12-10-18)23(2,3)4/h7-14,21H,6,15-16H2,1-5H3. The number of carbonyl (C=O) groups is 1. The van der Waals surface area contributed by atoms with Crippen LogP contribution in [0, 0.1) is 0 Å². The Hall–Kier alpha value is -2.29. The van der Waals surface area contributed by atoms with Crippen LogP contribution in [-0.4, -0.2) is 19.7 Å². The second-order valence-electron chi connectivity index (χ2n) is 7.64. The van der Waals surface area contributed by atoms with Crippen LogP contribution in [-0.2, 0) is 21.4 Å². The Bertz CT molecular complexity index is 694. The molecule has 0 N–H and O–H groups in total. The molecule has 0 saturated heterocycles. The highest BCUT2D eigenvalue weighted by Gasteiger charge is 2.23. The van der Waals surface area contributed by atoms with Gasteiger partial charge in [0.05, 0.1) is 19.6 Å². The first kappa shape index (κ1) is 20.0. The van der Waals surface area contributed by atoms with Crippen LogP contribution in [0.15, 0.2) is 48.5 Å². The van der Waals surface area contributed by atoms with E-state index >= 15 is 0 Å². The van der Waals surface area contributed by atoms with Crippen LogP contribution in [0.25, 0.3) is 0 Å². The molecule has 0 radical (unpaired) electrons. The summed E-state index contributed by atoms with van der Waals surface area (Å²) >= 11 is 0. The molecule has 0 aliphatic rings. The van der Waals surface area contributed by atoms with Crippen molar-refractivity contribution in [3.63, 3.8) is 0 Å². The molecule has 3 nitrogen and oxygen atoms in total. The number of ether oxygens (including phenoxy) is 2. The van der Waals surface area contributed by atoms with E-state index in [1.807, 2.05) is 36.4 Å². The third-order valence-electron chi connectivity index (χ3n) is 4.50. The van der Waals surface area contributed by atoms with Crippen molar-refractivity contribution in [3.8, 4) is 5.75 Å². The summed E-state index contributed by atoms with van der Waals surface area (Å²) in [5.41, 5.74) is 3.41. The average molecular weight is 354 g/mol. The van der Waals surface area contributed by atoms with Crippen molar-refractivity contribution in [2.45, 2.75) is 51.9 Å². The molecule has 0 amide bonds. The third-order valence-corrected chi connectivity index (χ3v) is 4.50. The monoisotopic (exact) mass is 354 g/mol. The van der Waals surface area contributed by atoms with Gasteiger partial charge in [0.2, 0.25) is 0 Å². The molecule has 0 aliphatic carbocycles. The Morgan fingerprint density at radius 3 is 2.12 bits per heavy atom. The van der Waals surface area contributed by atoms with Crippen LogP contribution >= 0.6 is 0 Å². The fourth-order valence-electron chi connectivity index (χ4n) is 2.87. The summed E-state index contributed by atoms with van der Waals surface area (Å²) in [6.07, 6.45) is 1.59. The van der Waals surface area contributed by atoms with E-state index in [-0.39, 0.29) is 17.3 Å². The summed E-state index contributed by atoms with van der Waals surface area (Å²) in [6, 6.07) is 16.3. The maximum atomic E-state index is 12.4. The third kappa shape index (κ3) is 5.35. The van der Waals surface area contributed by atoms with E-state index in [0.717, 1.165) is 23.3 Å². The molecule has 0 heterocycles. The van der Waals surface area contributed by atoms with E-state index in [1.165, 1.54) is 12.7 Å². The zero-order valence-electron chi connectivity index (χ0n) is 16.5. The van der Waals surface area contributed by atoms with E-state index in [4.69, 9.17) is 9.47 Å². The topological polar surface area (TPSA) is 35.5 Å². The molecule has 2 rings (SSSR count). The molecule has 1 atom stereocenters. The smallest absolute Gasteiger partial charge is 0.313 e. The number of hydrogen-bond acceptors (Lipinski definition) is 3. The fraction of sp³-hybridized carbons (Fsp3) is 0.435. The first-order valence-corrected chi connectivity index (χ1v) is 9.25. The fourth-order valence-corrected chi connectivity index (χ4v) is 2.87. The van der Waals surface area contributed by atoms with Crippen LogP contribution in [0.5, 0.6) is 5.75 Å². The van der Waals surface area contributed by atoms with Crippen molar-refractivity contribution in [2.75, 3.05) is 13.7 Å². The van der Waals surface area contributed by atoms with Gasteiger partial charge in [-0.2, -0.15) is 0 Å². The van der Waals surface area contributed by atoms with Gasteiger partial charge in [0.15, 0.2) is 0 Å². The minimum absolute atomic E-state index is 0.0909. The summed E-state index contributed by atoms with van der Waals surface area (Å²) < 4.78 is 10.7. The highest BCUT2D eigenvalue weighted by Crippen LogP contribution is 2.27. The van der Waals surface area contributed by atoms with Crippen LogP contribution in [0.4, 0.5) is 0 Å². The van der Waals surface area contributed by atoms with Gasteiger partial charge in [-0.3, -0.25) is 4.79 Å². The average Bonchev–Trinajstić information content (AvgIpc) is 2.64. The van der Waals surface area contributed by atoms with Gasteiger partial charge in [-0.05, 0) is 47.1 Å². The predicted octanol–water partition coefficient (Wildman–Crippen LogP) is 5.27. The SMILES string of the molecule is CCCOc1ccc(CC(C(=O)OC)c2ccc(C(C)(C)C)cc2)cc1. The maximum Gasteiger partial charge on any atom is 0.313 e. The Balaban J connectivity index is 2.18. The van der Waals surface area contributed by atoms with Gasteiger partial charge < -0.3 is 9.47 Å². The molecule has 2 aromatic rings. The van der Waals surface area contributed by atoms with E-state index in [0.29, 0.717) is 13.0 Å². The Morgan fingerprint density at radius 2 is 1.62 bits per heavy atom. The van der Waals surface area contributed by atoms with Gasteiger partial charge in [0.25, 0.3) is 0 Å². The number of esters is 1. The molecule has 0 spiro atoms. The number of carbonyl (C=O) groups excluding carboxylic acids is 1. The Morgan fingerprint density at radius 1 is 1.00 bits per heavy atom. The summed E-state index contributed by atoms with van der Waals surface area (Å²) in [7, 11) is 1.44. The molecule has 0 aromatic heterocycles. The first-order chi connectivity index (χ1) is 12.3. The quantitative estimate of drug-likeness (QED) is 0.635. The van der Waals surface area contributed by atoms with Gasteiger partial charge in [-0.1, -0.05) is 64.1 Å². The first-order valence-electron chi connectivity index (χ1n) is 9.25. The van der Waals surface area contributed by atoms with Gasteiger partial charge in [-0.25, -0.2) is 0 Å². The predicted molar refractivity (Wildman–Crippen MR) is 106 cm³/mol. The van der Waals surface area contributed by atoms with Crippen LogP contribution in [0.3, 0.4) is 0 Å². The highest BCUT2D eigenvalue weighted by molar-refractivity contribution is 5.78. The highest BCUT2D eigenvalue weighted by atomic mass is 16.5. The van der Waals surface area contributed by atoms with E-state index < -0.39 is 0 Å². The molecule has 0 fully saturated rings. The number of hydrogen-bond donors (Lipinski definition) is 0. The molecule has 0 aliphatic heterocycles. The van der Waals surface area contributed by atoms with Crippen molar-refractivity contribution < 1.29 is 14.3 Å². The summed E-state index contributed by atoms with van der Waals surface area (Å²) in [6.45, 7) is 9.34. The van der Waals surface area contributed by atoms with Crippen molar-refractivity contribution in [3.05, 3.63) is 65.2 Å². The molecule has 2 aromatic carbocycles. The van der Waals surface area contributed by atoms with Crippen molar-refractivity contribution in [1.82, 2.24) is 0 Å². The van der Waals surface area contributed by atoms with E-state index in [2.05, 4.69) is 39.8 Å². The van der Waals surface area contributed by atoms with Crippen molar-refractivity contribution in [1.29, 1.82) is 0 Å². The number of rotatable bonds is 7. The maximum absolute atomic E-state index is 12.4. The number of methoxy groups -OCH3 is 1. The van der Waals surface area contributed by atoms with Gasteiger partial charge in [-0.15, -0.1) is 0 Å². The van der Waals surface area contributed by atoms with E-state index in [9.17, 15) is 4.79 Å². The molecule has 140 valence electrons. The minimum Gasteiger partial charge on any atom is -0.494 e. The van der Waals surface area contributed by atoms with Gasteiger partial charge in [0, 0.05) is 0 Å². The second-order valence-corrected chi connectivity index (χ2v) is 7.64. The second kappa shape index (κ2) is 8.88. The Labute approximate surface area is 157 Å². The molecule has 0 bridgehead atoms. The summed E-state index contributed by atoms with van der Waals surface area (Å²) in [5, 5.41) is 0. The van der Waals surface area contributed by atoms with Crippen molar-refractivity contribution >= 4 is 5.97 Å². The molecule has 26 heavy (non-hydrogen) atoms. The lowest BCUT2D eigenvalue weighted by atomic mass is 9.84. The molecular formula is C23H30O3. The lowest BCUT2D eigenvalue weighted by Gasteiger charge is -2.21. The van der Waals surface area contributed by atoms with Gasteiger partial charge in [0.1, 0.15) is 5.75 Å². The minimum atomic E-state index is -0.309. The summed E-state index contributed by atoms with van der Waals surface area (Å²) in [4.78, 5) is 12.4. The molecule has 1 unspecified atom stereocenters. The zero-order chi connectivity index (χ0) is 19.2. The lowest BCUT2D eigenvalue weighted by molar-refractivity contribution is -0.142. The van der Waals surface area contributed by atoms with Crippen LogP contribution in [0.1, 0.15) is 56.7 Å². The van der Waals surface area contributed by atoms with Crippen LogP contribution in [0.2, 0.25) is 0 Å². The van der Waals surface area contributed by atoms with Crippen molar-refractivity contribution in [2.24, 2.45) is 0 Å².